The van der Waals surface area contributed by atoms with E-state index < -0.39 is 0 Å². The van der Waals surface area contributed by atoms with Crippen LogP contribution in [0.3, 0.4) is 0 Å². The van der Waals surface area contributed by atoms with Gasteiger partial charge in [0.2, 0.25) is 5.91 Å². The molecule has 0 saturated heterocycles. The number of carbonyl (C=O) groups is 2. The van der Waals surface area contributed by atoms with Gasteiger partial charge >= 0.3 is 0 Å². The molecule has 2 aromatic heterocycles. The number of carbonyl (C=O) groups excluding carboxylic acids is 2. The second-order valence-electron chi connectivity index (χ2n) is 5.28. The lowest BCUT2D eigenvalue weighted by Gasteiger charge is -2.04. The summed E-state index contributed by atoms with van der Waals surface area (Å²) < 4.78 is 5.29. The maximum atomic E-state index is 12.0. The smallest absolute Gasteiger partial charge is 0.255 e. The largest absolute Gasteiger partial charge is 0.466 e. The third-order valence-electron chi connectivity index (χ3n) is 3.03. The van der Waals surface area contributed by atoms with Crippen molar-refractivity contribution in [3.63, 3.8) is 0 Å². The van der Waals surface area contributed by atoms with Crippen molar-refractivity contribution in [2.75, 3.05) is 11.9 Å². The van der Waals surface area contributed by atoms with E-state index in [2.05, 4.69) is 29.5 Å². The number of furan rings is 1. The van der Waals surface area contributed by atoms with Crippen LogP contribution in [0.4, 0.5) is 5.13 Å². The Balaban J connectivity index is 1.87. The van der Waals surface area contributed by atoms with Crippen LogP contribution in [0, 0.1) is 13.8 Å². The molecular formula is C15H19N3O3S. The average Bonchev–Trinajstić information content (AvgIpc) is 3.03. The molecule has 2 heterocycles. The van der Waals surface area contributed by atoms with Crippen LogP contribution in [-0.4, -0.2) is 23.3 Å². The van der Waals surface area contributed by atoms with Crippen LogP contribution in [0.2, 0.25) is 0 Å². The van der Waals surface area contributed by atoms with Crippen molar-refractivity contribution >= 4 is 28.3 Å². The zero-order valence-electron chi connectivity index (χ0n) is 13.0. The molecule has 0 aromatic carbocycles. The molecule has 2 rings (SSSR count). The zero-order valence-corrected chi connectivity index (χ0v) is 13.8. The summed E-state index contributed by atoms with van der Waals surface area (Å²) in [6.45, 7) is 7.50. The van der Waals surface area contributed by atoms with E-state index in [0.717, 1.165) is 4.88 Å². The molecule has 2 amide bonds. The molecule has 0 aliphatic rings. The van der Waals surface area contributed by atoms with Gasteiger partial charge in [0.15, 0.2) is 5.13 Å². The number of hydrogen-bond donors (Lipinski definition) is 2. The van der Waals surface area contributed by atoms with Gasteiger partial charge in [-0.15, -0.1) is 11.3 Å². The fraction of sp³-hybridized carbons (Fsp3) is 0.400. The molecule has 0 bridgehead atoms. The lowest BCUT2D eigenvalue weighted by atomic mass is 10.2. The van der Waals surface area contributed by atoms with E-state index in [1.165, 1.54) is 11.3 Å². The molecule has 0 atom stereocenters. The Bertz CT molecular complexity index is 688. The SMILES string of the molecule is Cc1cc(C(=O)NCC(=O)Nc2ncc(C(C)C)s2)c(C)o1. The normalized spacial score (nSPS) is 10.8. The van der Waals surface area contributed by atoms with Crippen molar-refractivity contribution in [1.82, 2.24) is 10.3 Å². The first-order valence-corrected chi connectivity index (χ1v) is 7.79. The zero-order chi connectivity index (χ0) is 16.3. The van der Waals surface area contributed by atoms with Crippen molar-refractivity contribution in [2.45, 2.75) is 33.6 Å². The van der Waals surface area contributed by atoms with E-state index in [9.17, 15) is 9.59 Å². The monoisotopic (exact) mass is 321 g/mol. The minimum absolute atomic E-state index is 0.112. The summed E-state index contributed by atoms with van der Waals surface area (Å²) in [5.74, 6) is 0.936. The van der Waals surface area contributed by atoms with Gasteiger partial charge in [-0.1, -0.05) is 13.8 Å². The summed E-state index contributed by atoms with van der Waals surface area (Å²) in [6.07, 6.45) is 1.75. The molecule has 0 aliphatic carbocycles. The molecule has 6 nitrogen and oxygen atoms in total. The van der Waals surface area contributed by atoms with Gasteiger partial charge in [-0.05, 0) is 25.8 Å². The predicted octanol–water partition coefficient (Wildman–Crippen LogP) is 2.84. The first kappa shape index (κ1) is 16.2. The molecular weight excluding hydrogens is 302 g/mol. The Hall–Kier alpha value is -2.15. The van der Waals surface area contributed by atoms with Crippen molar-refractivity contribution in [2.24, 2.45) is 0 Å². The van der Waals surface area contributed by atoms with Gasteiger partial charge in [0, 0.05) is 11.1 Å². The van der Waals surface area contributed by atoms with Gasteiger partial charge < -0.3 is 15.1 Å². The number of aromatic nitrogens is 1. The Morgan fingerprint density at radius 3 is 2.64 bits per heavy atom. The maximum Gasteiger partial charge on any atom is 0.255 e. The number of nitrogens with zero attached hydrogens (tertiary/aromatic N) is 1. The van der Waals surface area contributed by atoms with Gasteiger partial charge in [-0.3, -0.25) is 9.59 Å². The van der Waals surface area contributed by atoms with Crippen LogP contribution in [0.1, 0.15) is 46.5 Å². The first-order valence-electron chi connectivity index (χ1n) is 6.97. The minimum Gasteiger partial charge on any atom is -0.466 e. The van der Waals surface area contributed by atoms with Crippen LogP contribution < -0.4 is 10.6 Å². The van der Waals surface area contributed by atoms with Gasteiger partial charge in [-0.2, -0.15) is 0 Å². The molecule has 2 N–H and O–H groups in total. The number of amides is 2. The summed E-state index contributed by atoms with van der Waals surface area (Å²) in [4.78, 5) is 29.0. The van der Waals surface area contributed by atoms with Gasteiger partial charge in [0.05, 0.1) is 12.1 Å². The van der Waals surface area contributed by atoms with E-state index in [-0.39, 0.29) is 18.4 Å². The van der Waals surface area contributed by atoms with Gasteiger partial charge in [-0.25, -0.2) is 4.98 Å². The summed E-state index contributed by atoms with van der Waals surface area (Å²) >= 11 is 1.43. The predicted molar refractivity (Wildman–Crippen MR) is 85.3 cm³/mol. The maximum absolute atomic E-state index is 12.0. The highest BCUT2D eigenvalue weighted by atomic mass is 32.1. The molecule has 0 fully saturated rings. The molecule has 0 spiro atoms. The number of aryl methyl sites for hydroxylation is 2. The molecule has 0 radical (unpaired) electrons. The molecule has 22 heavy (non-hydrogen) atoms. The third-order valence-corrected chi connectivity index (χ3v) is 4.25. The average molecular weight is 321 g/mol. The standard InChI is InChI=1S/C15H19N3O3S/c1-8(2)12-6-17-15(22-12)18-13(19)7-16-14(20)11-5-9(3)21-10(11)4/h5-6,8H,7H2,1-4H3,(H,16,20)(H,17,18,19). The quantitative estimate of drug-likeness (QED) is 0.887. The topological polar surface area (TPSA) is 84.2 Å². The van der Waals surface area contributed by atoms with E-state index in [1.54, 1.807) is 26.1 Å². The van der Waals surface area contributed by atoms with Crippen molar-refractivity contribution in [3.8, 4) is 0 Å². The van der Waals surface area contributed by atoms with Gasteiger partial charge in [0.25, 0.3) is 5.91 Å². The molecule has 2 aromatic rings. The Labute approximate surface area is 132 Å². The second kappa shape index (κ2) is 6.74. The van der Waals surface area contributed by atoms with Crippen LogP contribution in [0.5, 0.6) is 0 Å². The number of anilines is 1. The Morgan fingerprint density at radius 2 is 2.09 bits per heavy atom. The van der Waals surface area contributed by atoms with E-state index in [0.29, 0.717) is 28.1 Å². The number of nitrogens with one attached hydrogen (secondary N) is 2. The molecule has 0 unspecified atom stereocenters. The second-order valence-corrected chi connectivity index (χ2v) is 6.34. The van der Waals surface area contributed by atoms with Crippen molar-refractivity contribution in [3.05, 3.63) is 34.2 Å². The van der Waals surface area contributed by atoms with E-state index in [1.807, 2.05) is 0 Å². The van der Waals surface area contributed by atoms with Crippen LogP contribution in [0.15, 0.2) is 16.7 Å². The van der Waals surface area contributed by atoms with Crippen molar-refractivity contribution < 1.29 is 14.0 Å². The van der Waals surface area contributed by atoms with E-state index >= 15 is 0 Å². The fourth-order valence-electron chi connectivity index (χ4n) is 1.89. The van der Waals surface area contributed by atoms with Gasteiger partial charge in [0.1, 0.15) is 11.5 Å². The summed E-state index contributed by atoms with van der Waals surface area (Å²) in [7, 11) is 0. The highest BCUT2D eigenvalue weighted by molar-refractivity contribution is 7.15. The minimum atomic E-state index is -0.327. The van der Waals surface area contributed by atoms with E-state index in [4.69, 9.17) is 4.42 Å². The highest BCUT2D eigenvalue weighted by Crippen LogP contribution is 2.24. The lowest BCUT2D eigenvalue weighted by Crippen LogP contribution is -2.32. The fourth-order valence-corrected chi connectivity index (χ4v) is 2.72. The van der Waals surface area contributed by atoms with Crippen LogP contribution >= 0.6 is 11.3 Å². The molecule has 118 valence electrons. The Morgan fingerprint density at radius 1 is 1.36 bits per heavy atom. The lowest BCUT2D eigenvalue weighted by molar-refractivity contribution is -0.115. The summed E-state index contributed by atoms with van der Waals surface area (Å²) in [5, 5.41) is 5.78. The first-order chi connectivity index (χ1) is 10.4. The molecule has 7 heteroatoms. The summed E-state index contributed by atoms with van der Waals surface area (Å²) in [5.41, 5.74) is 0.446. The summed E-state index contributed by atoms with van der Waals surface area (Å²) in [6, 6.07) is 1.65. The third kappa shape index (κ3) is 3.94. The number of thiazole rings is 1. The van der Waals surface area contributed by atoms with Crippen LogP contribution in [0.25, 0.3) is 0 Å². The Kier molecular flexibility index (Phi) is 4.97. The molecule has 0 aliphatic heterocycles. The highest BCUT2D eigenvalue weighted by Gasteiger charge is 2.15. The van der Waals surface area contributed by atoms with Crippen molar-refractivity contribution in [1.29, 1.82) is 0 Å². The number of rotatable bonds is 5. The van der Waals surface area contributed by atoms with Crippen LogP contribution in [-0.2, 0) is 4.79 Å². The molecule has 0 saturated carbocycles. The number of hydrogen-bond acceptors (Lipinski definition) is 5.